The van der Waals surface area contributed by atoms with Gasteiger partial charge in [-0.25, -0.2) is 0 Å². The number of rotatable bonds is 7. The van der Waals surface area contributed by atoms with E-state index < -0.39 is 0 Å². The SMILES string of the molecule is CCO/C=C/C=C/C=C/C=C/OCC. The maximum absolute atomic E-state index is 5.00. The monoisotopic (exact) mass is 194 g/mol. The first-order chi connectivity index (χ1) is 6.91. The van der Waals surface area contributed by atoms with Crippen molar-refractivity contribution < 1.29 is 9.47 Å². The van der Waals surface area contributed by atoms with E-state index in [9.17, 15) is 0 Å². The summed E-state index contributed by atoms with van der Waals surface area (Å²) in [6.45, 7) is 5.31. The Bertz CT molecular complexity index is 188. The molecule has 2 nitrogen and oxygen atoms in total. The Labute approximate surface area is 86.2 Å². The van der Waals surface area contributed by atoms with Crippen molar-refractivity contribution in [2.24, 2.45) is 0 Å². The van der Waals surface area contributed by atoms with Crippen molar-refractivity contribution in [3.8, 4) is 0 Å². The van der Waals surface area contributed by atoms with Gasteiger partial charge in [0.25, 0.3) is 0 Å². The molecular weight excluding hydrogens is 176 g/mol. The molecule has 0 bridgehead atoms. The van der Waals surface area contributed by atoms with E-state index in [1.54, 1.807) is 12.5 Å². The van der Waals surface area contributed by atoms with Crippen LogP contribution in [0.5, 0.6) is 0 Å². The van der Waals surface area contributed by atoms with Crippen molar-refractivity contribution in [1.29, 1.82) is 0 Å². The van der Waals surface area contributed by atoms with Gasteiger partial charge >= 0.3 is 0 Å². The van der Waals surface area contributed by atoms with Crippen LogP contribution in [-0.2, 0) is 9.47 Å². The third-order valence-electron chi connectivity index (χ3n) is 1.24. The van der Waals surface area contributed by atoms with Crippen molar-refractivity contribution in [2.75, 3.05) is 13.2 Å². The summed E-state index contributed by atoms with van der Waals surface area (Å²) in [4.78, 5) is 0. The lowest BCUT2D eigenvalue weighted by molar-refractivity contribution is 0.269. The van der Waals surface area contributed by atoms with E-state index in [4.69, 9.17) is 9.47 Å². The van der Waals surface area contributed by atoms with E-state index in [-0.39, 0.29) is 0 Å². The van der Waals surface area contributed by atoms with E-state index in [1.807, 2.05) is 50.3 Å². The van der Waals surface area contributed by atoms with Gasteiger partial charge in [0.2, 0.25) is 0 Å². The molecular formula is C12H18O2. The lowest BCUT2D eigenvalue weighted by Crippen LogP contribution is -1.74. The van der Waals surface area contributed by atoms with Gasteiger partial charge in [0.15, 0.2) is 0 Å². The molecule has 2 heteroatoms. The van der Waals surface area contributed by atoms with Gasteiger partial charge in [-0.05, 0) is 26.0 Å². The Kier molecular flexibility index (Phi) is 10.4. The summed E-state index contributed by atoms with van der Waals surface area (Å²) in [6.07, 6.45) is 14.7. The van der Waals surface area contributed by atoms with Gasteiger partial charge in [-0.3, -0.25) is 0 Å². The molecule has 0 amide bonds. The molecule has 0 N–H and O–H groups in total. The molecule has 0 aliphatic rings. The Hall–Kier alpha value is -1.44. The molecule has 0 atom stereocenters. The molecule has 0 aromatic heterocycles. The molecule has 0 heterocycles. The van der Waals surface area contributed by atoms with Gasteiger partial charge in [-0.1, -0.05) is 24.3 Å². The maximum Gasteiger partial charge on any atom is 0.0845 e. The van der Waals surface area contributed by atoms with Crippen LogP contribution in [-0.4, -0.2) is 13.2 Å². The second-order valence-electron chi connectivity index (χ2n) is 2.34. The summed E-state index contributed by atoms with van der Waals surface area (Å²) in [5, 5.41) is 0. The topological polar surface area (TPSA) is 18.5 Å². The third kappa shape index (κ3) is 10.6. The van der Waals surface area contributed by atoms with Crippen LogP contribution in [0.25, 0.3) is 0 Å². The van der Waals surface area contributed by atoms with Crippen molar-refractivity contribution in [2.45, 2.75) is 13.8 Å². The summed E-state index contributed by atoms with van der Waals surface area (Å²) in [5.41, 5.74) is 0. The average molecular weight is 194 g/mol. The molecule has 0 saturated carbocycles. The van der Waals surface area contributed by atoms with E-state index in [2.05, 4.69) is 0 Å². The first-order valence-corrected chi connectivity index (χ1v) is 4.80. The van der Waals surface area contributed by atoms with Gasteiger partial charge in [0.1, 0.15) is 0 Å². The number of ether oxygens (including phenoxy) is 2. The Balaban J connectivity index is 3.50. The van der Waals surface area contributed by atoms with Crippen LogP contribution in [0, 0.1) is 0 Å². The Morgan fingerprint density at radius 3 is 1.36 bits per heavy atom. The molecule has 0 unspecified atom stereocenters. The largest absolute Gasteiger partial charge is 0.501 e. The van der Waals surface area contributed by atoms with Crippen LogP contribution >= 0.6 is 0 Å². The smallest absolute Gasteiger partial charge is 0.0845 e. The van der Waals surface area contributed by atoms with Crippen LogP contribution in [0.15, 0.2) is 49.0 Å². The van der Waals surface area contributed by atoms with Crippen molar-refractivity contribution in [3.05, 3.63) is 49.0 Å². The quantitative estimate of drug-likeness (QED) is 0.457. The first kappa shape index (κ1) is 12.6. The van der Waals surface area contributed by atoms with Crippen molar-refractivity contribution in [1.82, 2.24) is 0 Å². The molecule has 14 heavy (non-hydrogen) atoms. The summed E-state index contributed by atoms with van der Waals surface area (Å²) >= 11 is 0. The predicted octanol–water partition coefficient (Wildman–Crippen LogP) is 3.20. The number of hydrogen-bond acceptors (Lipinski definition) is 2. The minimum absolute atomic E-state index is 0.706. The maximum atomic E-state index is 5.00. The predicted molar refractivity (Wildman–Crippen MR) is 59.8 cm³/mol. The molecule has 0 aromatic carbocycles. The average Bonchev–Trinajstić information content (AvgIpc) is 2.21. The van der Waals surface area contributed by atoms with E-state index in [0.717, 1.165) is 0 Å². The lowest BCUT2D eigenvalue weighted by atomic mass is 10.4. The summed E-state index contributed by atoms with van der Waals surface area (Å²) < 4.78 is 10.0. The van der Waals surface area contributed by atoms with E-state index in [0.29, 0.717) is 13.2 Å². The van der Waals surface area contributed by atoms with E-state index in [1.165, 1.54) is 0 Å². The highest BCUT2D eigenvalue weighted by Gasteiger charge is 1.67. The van der Waals surface area contributed by atoms with Gasteiger partial charge < -0.3 is 9.47 Å². The van der Waals surface area contributed by atoms with Gasteiger partial charge in [0.05, 0.1) is 25.7 Å². The summed E-state index contributed by atoms with van der Waals surface area (Å²) in [7, 11) is 0. The zero-order valence-electron chi connectivity index (χ0n) is 8.85. The second-order valence-corrected chi connectivity index (χ2v) is 2.34. The van der Waals surface area contributed by atoms with Gasteiger partial charge in [-0.15, -0.1) is 0 Å². The fraction of sp³-hybridized carbons (Fsp3) is 0.333. The molecule has 78 valence electrons. The fourth-order valence-corrected chi connectivity index (χ4v) is 0.651. The van der Waals surface area contributed by atoms with Crippen LogP contribution < -0.4 is 0 Å². The number of hydrogen-bond donors (Lipinski definition) is 0. The standard InChI is InChI=1S/C12H18O2/c1-3-13-11-9-7-5-6-8-10-12-14-4-2/h5-12H,3-4H2,1-2H3/b7-5+,8-6+,11-9+,12-10+. The van der Waals surface area contributed by atoms with E-state index >= 15 is 0 Å². The summed E-state index contributed by atoms with van der Waals surface area (Å²) in [6, 6.07) is 0. The highest BCUT2D eigenvalue weighted by molar-refractivity contribution is 5.13. The van der Waals surface area contributed by atoms with Crippen LogP contribution in [0.4, 0.5) is 0 Å². The van der Waals surface area contributed by atoms with Gasteiger partial charge in [0, 0.05) is 0 Å². The Morgan fingerprint density at radius 2 is 1.00 bits per heavy atom. The fourth-order valence-electron chi connectivity index (χ4n) is 0.651. The molecule has 0 saturated heterocycles. The first-order valence-electron chi connectivity index (χ1n) is 4.80. The second kappa shape index (κ2) is 11.6. The van der Waals surface area contributed by atoms with Crippen molar-refractivity contribution >= 4 is 0 Å². The highest BCUT2D eigenvalue weighted by atomic mass is 16.5. The minimum Gasteiger partial charge on any atom is -0.501 e. The third-order valence-corrected chi connectivity index (χ3v) is 1.24. The number of allylic oxidation sites excluding steroid dienone is 6. The zero-order chi connectivity index (χ0) is 10.5. The minimum atomic E-state index is 0.706. The molecule has 0 rings (SSSR count). The highest BCUT2D eigenvalue weighted by Crippen LogP contribution is 1.84. The van der Waals surface area contributed by atoms with Crippen molar-refractivity contribution in [3.63, 3.8) is 0 Å². The molecule has 0 aliphatic heterocycles. The van der Waals surface area contributed by atoms with Gasteiger partial charge in [-0.2, -0.15) is 0 Å². The molecule has 0 fully saturated rings. The van der Waals surface area contributed by atoms with Crippen LogP contribution in [0.2, 0.25) is 0 Å². The molecule has 0 radical (unpaired) electrons. The normalized spacial score (nSPS) is 12.4. The molecule has 0 spiro atoms. The summed E-state index contributed by atoms with van der Waals surface area (Å²) in [5.74, 6) is 0. The Morgan fingerprint density at radius 1 is 0.643 bits per heavy atom. The lowest BCUT2D eigenvalue weighted by Gasteiger charge is -1.88. The van der Waals surface area contributed by atoms with Crippen LogP contribution in [0.1, 0.15) is 13.8 Å². The zero-order valence-corrected chi connectivity index (χ0v) is 8.85. The molecule has 0 aromatic rings. The molecule has 0 aliphatic carbocycles. The van der Waals surface area contributed by atoms with Crippen LogP contribution in [0.3, 0.4) is 0 Å².